The molecule has 0 radical (unpaired) electrons. The van der Waals surface area contributed by atoms with E-state index in [0.717, 1.165) is 21.2 Å². The molecule has 198 valence electrons. The Balaban J connectivity index is 1.34. The van der Waals surface area contributed by atoms with E-state index in [2.05, 4.69) is 20.9 Å². The van der Waals surface area contributed by atoms with Gasteiger partial charge in [-0.3, -0.25) is 41.1 Å². The molecule has 38 heavy (non-hydrogen) atoms. The quantitative estimate of drug-likeness (QED) is 0.111. The van der Waals surface area contributed by atoms with Crippen molar-refractivity contribution in [3.05, 3.63) is 47.5 Å². The maximum Gasteiger partial charge on any atom is 0.347 e. The molecule has 1 unspecified atom stereocenters. The van der Waals surface area contributed by atoms with Crippen LogP contribution in [0.25, 0.3) is 10.8 Å². The van der Waals surface area contributed by atoms with Gasteiger partial charge in [0.2, 0.25) is 11.8 Å². The average molecular weight is 523 g/mol. The molecule has 2 aromatic carbocycles. The van der Waals surface area contributed by atoms with Crippen molar-refractivity contribution in [2.75, 3.05) is 13.1 Å². The van der Waals surface area contributed by atoms with E-state index in [1.807, 2.05) is 31.2 Å². The van der Waals surface area contributed by atoms with Gasteiger partial charge in [-0.05, 0) is 29.3 Å². The van der Waals surface area contributed by atoms with Crippen molar-refractivity contribution in [1.82, 2.24) is 20.9 Å². The first kappa shape index (κ1) is 24.1. The third kappa shape index (κ3) is 3.21. The number of aryl methyl sites for hydroxylation is 1. The number of hydrogen-bond acceptors (Lipinski definition) is 9. The lowest BCUT2D eigenvalue weighted by molar-refractivity contribution is -0.674. The Morgan fingerprint density at radius 2 is 1.84 bits per heavy atom. The number of amides is 3. The largest absolute Gasteiger partial charge is 0.358 e. The SMILES string of the molecule is Cc1cccc2c(C(=O)NC3C[N+]4=C(N)N[C@@H](CN5C(=O)CCC5=O)[C@@H]5[NH+]=C(N)N[C@@]54C3(O)O)cccc12. The van der Waals surface area contributed by atoms with Crippen LogP contribution in [0, 0.1) is 6.92 Å². The molecule has 2 aromatic rings. The van der Waals surface area contributed by atoms with Gasteiger partial charge >= 0.3 is 11.9 Å². The first-order valence-electron chi connectivity index (χ1n) is 12.5. The van der Waals surface area contributed by atoms with E-state index in [-0.39, 0.29) is 49.7 Å². The number of rotatable bonds is 4. The highest BCUT2D eigenvalue weighted by Crippen LogP contribution is 2.38. The minimum absolute atomic E-state index is 0.0525. The van der Waals surface area contributed by atoms with E-state index < -0.39 is 35.5 Å². The zero-order valence-electron chi connectivity index (χ0n) is 20.7. The molecule has 6 rings (SSSR count). The highest BCUT2D eigenvalue weighted by atomic mass is 16.5. The van der Waals surface area contributed by atoms with Crippen molar-refractivity contribution >= 4 is 40.4 Å². The molecular weight excluding hydrogens is 492 g/mol. The van der Waals surface area contributed by atoms with Crippen LogP contribution in [-0.4, -0.2) is 92.0 Å². The summed E-state index contributed by atoms with van der Waals surface area (Å²) in [4.78, 5) is 42.2. The predicted molar refractivity (Wildman–Crippen MR) is 134 cm³/mol. The molecule has 0 aromatic heterocycles. The summed E-state index contributed by atoms with van der Waals surface area (Å²) in [6.45, 7) is 1.84. The molecule has 13 nitrogen and oxygen atoms in total. The Kier molecular flexibility index (Phi) is 5.16. The van der Waals surface area contributed by atoms with Gasteiger partial charge in [-0.15, -0.1) is 0 Å². The fraction of sp³-hybridized carbons (Fsp3) is 0.400. The highest BCUT2D eigenvalue weighted by Gasteiger charge is 2.78. The van der Waals surface area contributed by atoms with E-state index in [1.54, 1.807) is 12.1 Å². The molecule has 4 aliphatic rings. The van der Waals surface area contributed by atoms with E-state index in [4.69, 9.17) is 11.5 Å². The summed E-state index contributed by atoms with van der Waals surface area (Å²) in [6, 6.07) is 8.30. The second kappa shape index (κ2) is 8.13. The minimum Gasteiger partial charge on any atom is -0.358 e. The van der Waals surface area contributed by atoms with Gasteiger partial charge in [0.15, 0.2) is 6.04 Å². The zero-order chi connectivity index (χ0) is 27.0. The van der Waals surface area contributed by atoms with Crippen LogP contribution in [0.15, 0.2) is 36.4 Å². The molecule has 10 N–H and O–H groups in total. The molecule has 4 aliphatic heterocycles. The van der Waals surface area contributed by atoms with Crippen LogP contribution in [-0.2, 0) is 9.59 Å². The second-order valence-electron chi connectivity index (χ2n) is 10.3. The first-order valence-corrected chi connectivity index (χ1v) is 12.5. The number of benzene rings is 2. The monoisotopic (exact) mass is 522 g/mol. The number of guanidine groups is 2. The number of carbonyl (C=O) groups excluding carboxylic acids is 3. The summed E-state index contributed by atoms with van der Waals surface area (Å²) in [7, 11) is 0. The molecule has 0 aliphatic carbocycles. The van der Waals surface area contributed by atoms with Crippen molar-refractivity contribution in [3.8, 4) is 0 Å². The van der Waals surface area contributed by atoms with Gasteiger partial charge in [0.05, 0.1) is 13.1 Å². The number of fused-ring (bicyclic) bond motifs is 1. The lowest BCUT2D eigenvalue weighted by Gasteiger charge is -2.41. The molecule has 2 saturated heterocycles. The van der Waals surface area contributed by atoms with Gasteiger partial charge < -0.3 is 15.5 Å². The van der Waals surface area contributed by atoms with Gasteiger partial charge in [-0.25, -0.2) is 9.89 Å². The number of carbonyl (C=O) groups is 3. The molecule has 4 heterocycles. The molecule has 1 spiro atoms. The number of likely N-dealkylation sites (tertiary alicyclic amines) is 1. The van der Waals surface area contributed by atoms with Gasteiger partial charge in [0, 0.05) is 18.4 Å². The molecule has 13 heteroatoms. The van der Waals surface area contributed by atoms with Crippen molar-refractivity contribution in [1.29, 1.82) is 0 Å². The van der Waals surface area contributed by atoms with Crippen molar-refractivity contribution in [2.45, 2.75) is 49.3 Å². The lowest BCUT2D eigenvalue weighted by atomic mass is 9.85. The number of imide groups is 1. The third-order valence-corrected chi connectivity index (χ3v) is 8.17. The normalized spacial score (nSPS) is 29.6. The fourth-order valence-electron chi connectivity index (χ4n) is 6.32. The number of nitrogens with two attached hydrogens (primary N) is 2. The summed E-state index contributed by atoms with van der Waals surface area (Å²) in [5.74, 6) is -3.53. The Bertz CT molecular complexity index is 1450. The number of nitrogens with zero attached hydrogens (tertiary/aromatic N) is 2. The van der Waals surface area contributed by atoms with Gasteiger partial charge in [0.1, 0.15) is 12.1 Å². The summed E-state index contributed by atoms with van der Waals surface area (Å²) in [5, 5.41) is 33.8. The number of aliphatic hydroxyl groups is 2. The molecule has 0 bridgehead atoms. The zero-order valence-corrected chi connectivity index (χ0v) is 20.7. The molecule has 2 fully saturated rings. The summed E-state index contributed by atoms with van der Waals surface area (Å²) in [6.07, 6.45) is 0.247. The lowest BCUT2D eigenvalue weighted by Crippen LogP contribution is -2.92. The van der Waals surface area contributed by atoms with Crippen LogP contribution >= 0.6 is 0 Å². The van der Waals surface area contributed by atoms with Crippen molar-refractivity contribution in [2.24, 2.45) is 11.5 Å². The Hall–Kier alpha value is -4.23. The highest BCUT2D eigenvalue weighted by molar-refractivity contribution is 6.08. The van der Waals surface area contributed by atoms with E-state index in [9.17, 15) is 24.6 Å². The maximum atomic E-state index is 13.5. The van der Waals surface area contributed by atoms with Crippen molar-refractivity contribution in [3.63, 3.8) is 0 Å². The van der Waals surface area contributed by atoms with E-state index in [1.165, 1.54) is 4.58 Å². The van der Waals surface area contributed by atoms with E-state index >= 15 is 0 Å². The second-order valence-corrected chi connectivity index (χ2v) is 10.3. The predicted octanol–water partition coefficient (Wildman–Crippen LogP) is -4.55. The molecule has 3 amide bonds. The standard InChI is InChI=1S/C25H28N8O5/c1-12-4-2-6-14-13(12)5-3-7-15(14)21(36)29-17-11-33-23(27)28-16(10-32-18(34)8-9-19(32)35)20-24(33,25(17,37)38)31-22(26)30-20/h2-7,16-17,20,37-38H,8-11H2,1H3,(H6,26,27,28,29,30,31,36)/p+2/t16-,17?,20-,24-/m0/s1. The molecule has 4 atom stereocenters. The topological polar surface area (TPSA) is 200 Å². The fourth-order valence-corrected chi connectivity index (χ4v) is 6.32. The van der Waals surface area contributed by atoms with E-state index in [0.29, 0.717) is 5.56 Å². The molecule has 0 saturated carbocycles. The Labute approximate surface area is 217 Å². The Morgan fingerprint density at radius 3 is 2.58 bits per heavy atom. The summed E-state index contributed by atoms with van der Waals surface area (Å²) in [5.41, 5.74) is 12.1. The van der Waals surface area contributed by atoms with Crippen LogP contribution in [0.5, 0.6) is 0 Å². The van der Waals surface area contributed by atoms with Crippen LogP contribution < -0.4 is 32.4 Å². The van der Waals surface area contributed by atoms with Crippen molar-refractivity contribution < 1.29 is 34.2 Å². The number of hydrogen-bond donors (Lipinski definition) is 8. The summed E-state index contributed by atoms with van der Waals surface area (Å²) < 4.78 is 1.51. The van der Waals surface area contributed by atoms with Crippen LogP contribution in [0.1, 0.15) is 28.8 Å². The van der Waals surface area contributed by atoms with Gasteiger partial charge in [-0.2, -0.15) is 0 Å². The maximum absolute atomic E-state index is 13.5. The third-order valence-electron chi connectivity index (χ3n) is 8.17. The van der Waals surface area contributed by atoms with Crippen LogP contribution in [0.2, 0.25) is 0 Å². The minimum atomic E-state index is -2.58. The molecular formula is C25H30N8O5+2. The summed E-state index contributed by atoms with van der Waals surface area (Å²) >= 11 is 0. The average Bonchev–Trinajstić information content (AvgIpc) is 3.47. The first-order chi connectivity index (χ1) is 18.0. The van der Waals surface area contributed by atoms with Crippen LogP contribution in [0.3, 0.4) is 0 Å². The van der Waals surface area contributed by atoms with Gasteiger partial charge in [0.25, 0.3) is 17.4 Å². The van der Waals surface area contributed by atoms with Gasteiger partial charge in [-0.1, -0.05) is 30.3 Å². The smallest absolute Gasteiger partial charge is 0.347 e. The number of nitrogens with one attached hydrogen (secondary N) is 4. The Morgan fingerprint density at radius 1 is 1.16 bits per heavy atom. The van der Waals surface area contributed by atoms with Crippen LogP contribution in [0.4, 0.5) is 0 Å².